The molecule has 1 aromatic heterocycles. The Kier molecular flexibility index (Phi) is 3.48. The maximum absolute atomic E-state index is 12.3. The van der Waals surface area contributed by atoms with Crippen LogP contribution in [0, 0.1) is 6.92 Å². The highest BCUT2D eigenvalue weighted by molar-refractivity contribution is 6.06. The molecule has 0 unspecified atom stereocenters. The van der Waals surface area contributed by atoms with E-state index < -0.39 is 0 Å². The highest BCUT2D eigenvalue weighted by Crippen LogP contribution is 2.21. The monoisotopic (exact) mass is 278 g/mol. The van der Waals surface area contributed by atoms with Crippen molar-refractivity contribution >= 4 is 22.5 Å². The number of carbonyl (C=O) groups is 1. The molecule has 21 heavy (non-hydrogen) atoms. The number of nitrogens with one attached hydrogen (secondary N) is 1. The number of fused-ring (bicyclic) bond motifs is 1. The van der Waals surface area contributed by atoms with Gasteiger partial charge >= 0.3 is 0 Å². The average Bonchev–Trinajstić information content (AvgIpc) is 2.90. The van der Waals surface area contributed by atoms with E-state index in [4.69, 9.17) is 0 Å². The Morgan fingerprint density at radius 1 is 1.14 bits per heavy atom. The molecule has 106 valence electrons. The van der Waals surface area contributed by atoms with Gasteiger partial charge in [-0.1, -0.05) is 24.3 Å². The summed E-state index contributed by atoms with van der Waals surface area (Å²) in [5.41, 5.74) is 3.65. The lowest BCUT2D eigenvalue weighted by molar-refractivity contribution is 0.102. The number of aryl methyl sites for hydroxylation is 2. The molecule has 0 spiro atoms. The first-order valence-corrected chi connectivity index (χ1v) is 7.15. The van der Waals surface area contributed by atoms with Crippen LogP contribution in [-0.2, 0) is 6.54 Å². The maximum Gasteiger partial charge on any atom is 0.255 e. The number of benzene rings is 2. The van der Waals surface area contributed by atoms with Crippen LogP contribution in [0.5, 0.6) is 0 Å². The van der Waals surface area contributed by atoms with E-state index in [1.165, 1.54) is 5.39 Å². The van der Waals surface area contributed by atoms with Crippen LogP contribution in [0.25, 0.3) is 10.9 Å². The van der Waals surface area contributed by atoms with Gasteiger partial charge < -0.3 is 9.88 Å². The second-order valence-electron chi connectivity index (χ2n) is 5.14. The highest BCUT2D eigenvalue weighted by atomic mass is 16.1. The largest absolute Gasteiger partial charge is 0.348 e. The van der Waals surface area contributed by atoms with Crippen LogP contribution in [0.4, 0.5) is 5.69 Å². The van der Waals surface area contributed by atoms with Gasteiger partial charge in [-0.25, -0.2) is 0 Å². The van der Waals surface area contributed by atoms with Crippen LogP contribution in [-0.4, -0.2) is 10.5 Å². The first-order chi connectivity index (χ1) is 10.2. The van der Waals surface area contributed by atoms with Crippen molar-refractivity contribution < 1.29 is 4.79 Å². The first-order valence-electron chi connectivity index (χ1n) is 7.15. The minimum Gasteiger partial charge on any atom is -0.348 e. The Bertz CT molecular complexity index is 802. The Balaban J connectivity index is 1.91. The van der Waals surface area contributed by atoms with Crippen LogP contribution in [0.15, 0.2) is 54.7 Å². The summed E-state index contributed by atoms with van der Waals surface area (Å²) in [6, 6.07) is 15.7. The Morgan fingerprint density at radius 3 is 2.71 bits per heavy atom. The third kappa shape index (κ3) is 2.55. The second kappa shape index (κ2) is 5.44. The van der Waals surface area contributed by atoms with Crippen LogP contribution < -0.4 is 5.32 Å². The third-order valence-electron chi connectivity index (χ3n) is 3.76. The summed E-state index contributed by atoms with van der Waals surface area (Å²) < 4.78 is 2.17. The predicted molar refractivity (Wildman–Crippen MR) is 86.7 cm³/mol. The first kappa shape index (κ1) is 13.4. The van der Waals surface area contributed by atoms with Crippen LogP contribution in [0.3, 0.4) is 0 Å². The van der Waals surface area contributed by atoms with Crippen molar-refractivity contribution in [3.63, 3.8) is 0 Å². The maximum atomic E-state index is 12.3. The topological polar surface area (TPSA) is 34.0 Å². The molecule has 0 aliphatic rings. The molecular weight excluding hydrogens is 260 g/mol. The second-order valence-corrected chi connectivity index (χ2v) is 5.14. The van der Waals surface area contributed by atoms with Gasteiger partial charge in [-0.15, -0.1) is 0 Å². The van der Waals surface area contributed by atoms with Crippen molar-refractivity contribution in [2.24, 2.45) is 0 Å². The SMILES string of the molecule is CCn1ccc2ccc(NC(=O)c3ccccc3C)cc21. The molecule has 1 N–H and O–H groups in total. The van der Waals surface area contributed by atoms with Crippen molar-refractivity contribution in [1.29, 1.82) is 0 Å². The quantitative estimate of drug-likeness (QED) is 0.764. The molecule has 3 rings (SSSR count). The molecule has 0 atom stereocenters. The fourth-order valence-electron chi connectivity index (χ4n) is 2.56. The standard InChI is InChI=1S/C18H18N2O/c1-3-20-11-10-14-8-9-15(12-17(14)20)19-18(21)16-7-5-4-6-13(16)2/h4-12H,3H2,1-2H3,(H,19,21). The number of anilines is 1. The third-order valence-corrected chi connectivity index (χ3v) is 3.76. The predicted octanol–water partition coefficient (Wildman–Crippen LogP) is 4.22. The van der Waals surface area contributed by atoms with E-state index in [-0.39, 0.29) is 5.91 Å². The number of hydrogen-bond donors (Lipinski definition) is 1. The summed E-state index contributed by atoms with van der Waals surface area (Å²) in [7, 11) is 0. The fourth-order valence-corrected chi connectivity index (χ4v) is 2.56. The fraction of sp³-hybridized carbons (Fsp3) is 0.167. The molecule has 2 aromatic carbocycles. The zero-order chi connectivity index (χ0) is 14.8. The number of nitrogens with zero attached hydrogens (tertiary/aromatic N) is 1. The van der Waals surface area contributed by atoms with Gasteiger partial charge in [-0.2, -0.15) is 0 Å². The van der Waals surface area contributed by atoms with Gasteiger partial charge in [0.05, 0.1) is 5.52 Å². The molecule has 0 saturated heterocycles. The molecule has 1 heterocycles. The van der Waals surface area contributed by atoms with E-state index in [1.807, 2.05) is 49.4 Å². The van der Waals surface area contributed by atoms with Crippen molar-refractivity contribution in [3.05, 3.63) is 65.9 Å². The Hall–Kier alpha value is -2.55. The average molecular weight is 278 g/mol. The van der Waals surface area contributed by atoms with Gasteiger partial charge in [0.15, 0.2) is 0 Å². The normalized spacial score (nSPS) is 10.8. The van der Waals surface area contributed by atoms with Crippen LogP contribution in [0.2, 0.25) is 0 Å². The highest BCUT2D eigenvalue weighted by Gasteiger charge is 2.09. The van der Waals surface area contributed by atoms with Gasteiger partial charge in [0.1, 0.15) is 0 Å². The number of hydrogen-bond acceptors (Lipinski definition) is 1. The number of rotatable bonds is 3. The van der Waals surface area contributed by atoms with E-state index in [0.717, 1.165) is 23.3 Å². The molecule has 0 bridgehead atoms. The van der Waals surface area contributed by atoms with E-state index in [1.54, 1.807) is 0 Å². The summed E-state index contributed by atoms with van der Waals surface area (Å²) in [5, 5.41) is 4.17. The summed E-state index contributed by atoms with van der Waals surface area (Å²) in [6.45, 7) is 4.97. The lowest BCUT2D eigenvalue weighted by Gasteiger charge is -2.08. The van der Waals surface area contributed by atoms with Crippen molar-refractivity contribution in [2.75, 3.05) is 5.32 Å². The van der Waals surface area contributed by atoms with Crippen molar-refractivity contribution in [1.82, 2.24) is 4.57 Å². The van der Waals surface area contributed by atoms with Gasteiger partial charge in [0.2, 0.25) is 0 Å². The van der Waals surface area contributed by atoms with E-state index >= 15 is 0 Å². The van der Waals surface area contributed by atoms with Gasteiger partial charge in [0.25, 0.3) is 5.91 Å². The van der Waals surface area contributed by atoms with Gasteiger partial charge in [-0.05, 0) is 49.1 Å². The van der Waals surface area contributed by atoms with Crippen molar-refractivity contribution in [3.8, 4) is 0 Å². The minimum atomic E-state index is -0.0675. The van der Waals surface area contributed by atoms with E-state index in [0.29, 0.717) is 5.56 Å². The molecule has 3 heteroatoms. The number of aromatic nitrogens is 1. The molecule has 0 radical (unpaired) electrons. The number of carbonyl (C=O) groups excluding carboxylic acids is 1. The van der Waals surface area contributed by atoms with Crippen molar-refractivity contribution in [2.45, 2.75) is 20.4 Å². The van der Waals surface area contributed by atoms with Crippen LogP contribution >= 0.6 is 0 Å². The molecule has 0 aliphatic carbocycles. The smallest absolute Gasteiger partial charge is 0.255 e. The van der Waals surface area contributed by atoms with E-state index in [9.17, 15) is 4.79 Å². The molecule has 0 fully saturated rings. The van der Waals surface area contributed by atoms with Gasteiger partial charge in [0, 0.05) is 24.0 Å². The minimum absolute atomic E-state index is 0.0675. The Morgan fingerprint density at radius 2 is 1.95 bits per heavy atom. The molecule has 0 aliphatic heterocycles. The molecular formula is C18H18N2O. The zero-order valence-corrected chi connectivity index (χ0v) is 12.3. The van der Waals surface area contributed by atoms with E-state index in [2.05, 4.69) is 29.1 Å². The lowest BCUT2D eigenvalue weighted by Crippen LogP contribution is -2.13. The molecule has 1 amide bonds. The summed E-state index contributed by atoms with van der Waals surface area (Å²) in [4.78, 5) is 12.3. The van der Waals surface area contributed by atoms with Gasteiger partial charge in [-0.3, -0.25) is 4.79 Å². The summed E-state index contributed by atoms with van der Waals surface area (Å²) in [6.07, 6.45) is 2.07. The number of amides is 1. The molecule has 0 saturated carbocycles. The molecule has 3 aromatic rings. The summed E-state index contributed by atoms with van der Waals surface area (Å²) in [5.74, 6) is -0.0675. The molecule has 3 nitrogen and oxygen atoms in total. The summed E-state index contributed by atoms with van der Waals surface area (Å²) >= 11 is 0. The van der Waals surface area contributed by atoms with Crippen LogP contribution in [0.1, 0.15) is 22.8 Å². The lowest BCUT2D eigenvalue weighted by atomic mass is 10.1. The zero-order valence-electron chi connectivity index (χ0n) is 12.3. The Labute approximate surface area is 124 Å².